The van der Waals surface area contributed by atoms with E-state index < -0.39 is 7.26 Å². The lowest BCUT2D eigenvalue weighted by Crippen LogP contribution is -2.34. The summed E-state index contributed by atoms with van der Waals surface area (Å²) in [5, 5.41) is 5.60. The van der Waals surface area contributed by atoms with Gasteiger partial charge in [0.05, 0.1) is 22.2 Å². The van der Waals surface area contributed by atoms with E-state index in [1.807, 2.05) is 24.1 Å². The number of benzene rings is 5. The quantitative estimate of drug-likeness (QED) is 0.0730. The molecule has 0 heterocycles. The molecule has 0 radical (unpaired) electrons. The number of carbonyl (C=O) groups excluding carboxylic acids is 1. The highest BCUT2D eigenvalue weighted by atomic mass is 35.5. The van der Waals surface area contributed by atoms with E-state index in [-0.39, 0.29) is 17.9 Å². The Morgan fingerprint density at radius 1 is 0.588 bits per heavy atom. The normalized spacial score (nSPS) is 15.7. The maximum Gasteiger partial charge on any atom is 0.222 e. The van der Waals surface area contributed by atoms with Crippen molar-refractivity contribution in [3.63, 3.8) is 0 Å². The van der Waals surface area contributed by atoms with E-state index in [4.69, 9.17) is 23.2 Å². The first-order valence-corrected chi connectivity index (χ1v) is 21.6. The van der Waals surface area contributed by atoms with Crippen molar-refractivity contribution in [3.05, 3.63) is 160 Å². The standard InChI is InChI=1S/C46H51Cl2NOP/c1-49(45-33-31-40(41-27-18-19-28-42(41)45)36-30-32-43(47)44(48)35-36)46(50)29-17-6-4-2-3-5-7-20-34-51(37-21-11-8-12-22-37,38-23-13-9-14-24-38)39-25-15-10-16-26-39/h8-16,18-19,21-28,30,32,35,40,45H,2-7,17,20,29,31,33-34H2,1H3/q+1/t40-,45-/m0/s1. The van der Waals surface area contributed by atoms with E-state index in [0.29, 0.717) is 16.5 Å². The van der Waals surface area contributed by atoms with Crippen LogP contribution in [-0.2, 0) is 4.79 Å². The van der Waals surface area contributed by atoms with Crippen molar-refractivity contribution in [2.75, 3.05) is 13.2 Å². The van der Waals surface area contributed by atoms with E-state index >= 15 is 0 Å². The number of rotatable bonds is 16. The van der Waals surface area contributed by atoms with Crippen molar-refractivity contribution in [1.82, 2.24) is 4.90 Å². The molecule has 0 N–H and O–H groups in total. The molecule has 51 heavy (non-hydrogen) atoms. The van der Waals surface area contributed by atoms with Gasteiger partial charge in [-0.2, -0.15) is 0 Å². The van der Waals surface area contributed by atoms with Crippen LogP contribution < -0.4 is 15.9 Å². The molecule has 0 saturated carbocycles. The summed E-state index contributed by atoms with van der Waals surface area (Å²) in [4.78, 5) is 15.4. The summed E-state index contributed by atoms with van der Waals surface area (Å²) in [6, 6.07) is 48.4. The van der Waals surface area contributed by atoms with E-state index in [1.165, 1.54) is 77.3 Å². The number of nitrogens with zero attached hydrogens (tertiary/aromatic N) is 1. The topological polar surface area (TPSA) is 20.3 Å². The second-order valence-corrected chi connectivity index (χ2v) is 18.5. The molecule has 0 unspecified atom stereocenters. The van der Waals surface area contributed by atoms with Gasteiger partial charge in [0.2, 0.25) is 5.91 Å². The third-order valence-electron chi connectivity index (χ3n) is 10.9. The monoisotopic (exact) mass is 734 g/mol. The minimum absolute atomic E-state index is 0.111. The first kappa shape index (κ1) is 37.3. The van der Waals surface area contributed by atoms with Gasteiger partial charge in [-0.3, -0.25) is 4.79 Å². The Balaban J connectivity index is 0.947. The number of halogens is 2. The first-order chi connectivity index (χ1) is 25.0. The summed E-state index contributed by atoms with van der Waals surface area (Å²) >= 11 is 12.6. The Bertz CT molecular complexity index is 1730. The number of fused-ring (bicyclic) bond motifs is 1. The highest BCUT2D eigenvalue weighted by Gasteiger charge is 2.44. The fraction of sp³-hybridized carbons (Fsp3) is 0.326. The Kier molecular flexibility index (Phi) is 13.5. The fourth-order valence-electron chi connectivity index (χ4n) is 8.16. The third kappa shape index (κ3) is 8.97. The predicted molar refractivity (Wildman–Crippen MR) is 221 cm³/mol. The van der Waals surface area contributed by atoms with Gasteiger partial charge in [-0.25, -0.2) is 0 Å². The van der Waals surface area contributed by atoms with Crippen molar-refractivity contribution >= 4 is 52.3 Å². The Hall–Kier alpha value is -3.42. The van der Waals surface area contributed by atoms with Crippen LogP contribution in [0.1, 0.15) is 99.3 Å². The molecule has 0 fully saturated rings. The van der Waals surface area contributed by atoms with Gasteiger partial charge in [-0.05, 0) is 97.3 Å². The summed E-state index contributed by atoms with van der Waals surface area (Å²) in [5.74, 6) is 0.515. The molecular formula is C46H51Cl2NOP+. The largest absolute Gasteiger partial charge is 0.339 e. The van der Waals surface area contributed by atoms with Crippen LogP contribution >= 0.6 is 30.5 Å². The van der Waals surface area contributed by atoms with Crippen molar-refractivity contribution in [1.29, 1.82) is 0 Å². The van der Waals surface area contributed by atoms with Crippen molar-refractivity contribution in [3.8, 4) is 0 Å². The summed E-state index contributed by atoms with van der Waals surface area (Å²) in [7, 11) is 0.258. The highest BCUT2D eigenvalue weighted by molar-refractivity contribution is 7.95. The molecule has 5 heteroatoms. The molecule has 1 aliphatic carbocycles. The van der Waals surface area contributed by atoms with E-state index in [0.717, 1.165) is 25.7 Å². The van der Waals surface area contributed by atoms with Gasteiger partial charge in [0.25, 0.3) is 0 Å². The maximum absolute atomic E-state index is 13.4. The van der Waals surface area contributed by atoms with E-state index in [1.54, 1.807) is 0 Å². The Labute approximate surface area is 316 Å². The molecule has 0 saturated heterocycles. The van der Waals surface area contributed by atoms with E-state index in [9.17, 15) is 4.79 Å². The van der Waals surface area contributed by atoms with Gasteiger partial charge in [0.1, 0.15) is 23.2 Å². The average Bonchev–Trinajstić information content (AvgIpc) is 3.18. The summed E-state index contributed by atoms with van der Waals surface area (Å²) < 4.78 is 0. The molecule has 2 nitrogen and oxygen atoms in total. The van der Waals surface area contributed by atoms with Crippen molar-refractivity contribution in [2.24, 2.45) is 0 Å². The molecule has 0 bridgehead atoms. The zero-order chi connectivity index (χ0) is 35.5. The Morgan fingerprint density at radius 3 is 1.63 bits per heavy atom. The molecule has 5 aromatic carbocycles. The SMILES string of the molecule is CN(C(=O)CCCCCCCCCC[P+](c1ccccc1)(c1ccccc1)c1ccccc1)[C@H]1CC[C@@H](c2ccc(Cl)c(Cl)c2)c2ccccc21. The lowest BCUT2D eigenvalue weighted by molar-refractivity contribution is -0.132. The maximum atomic E-state index is 13.4. The van der Waals surface area contributed by atoms with E-state index in [2.05, 4.69) is 121 Å². The van der Waals surface area contributed by atoms with Gasteiger partial charge >= 0.3 is 0 Å². The van der Waals surface area contributed by atoms with Crippen LogP contribution in [0, 0.1) is 0 Å². The first-order valence-electron chi connectivity index (χ1n) is 18.8. The van der Waals surface area contributed by atoms with Crippen LogP contribution in [0.25, 0.3) is 0 Å². The van der Waals surface area contributed by atoms with Gasteiger partial charge < -0.3 is 4.90 Å². The van der Waals surface area contributed by atoms with Gasteiger partial charge in [0, 0.05) is 19.4 Å². The molecule has 1 aliphatic rings. The van der Waals surface area contributed by atoms with Gasteiger partial charge in [-0.1, -0.05) is 140 Å². The van der Waals surface area contributed by atoms with Crippen LogP contribution in [0.2, 0.25) is 10.0 Å². The zero-order valence-electron chi connectivity index (χ0n) is 29.9. The molecule has 0 aromatic heterocycles. The molecular weight excluding hydrogens is 684 g/mol. The van der Waals surface area contributed by atoms with Crippen LogP contribution in [0.3, 0.4) is 0 Å². The minimum atomic E-state index is -1.74. The Morgan fingerprint density at radius 2 is 1.08 bits per heavy atom. The lowest BCUT2D eigenvalue weighted by Gasteiger charge is -2.37. The summed E-state index contributed by atoms with van der Waals surface area (Å²) in [6.07, 6.45) is 13.3. The highest BCUT2D eigenvalue weighted by Crippen LogP contribution is 2.56. The number of unbranched alkanes of at least 4 members (excludes halogenated alkanes) is 7. The summed E-state index contributed by atoms with van der Waals surface area (Å²) in [5.41, 5.74) is 3.73. The second kappa shape index (κ2) is 18.4. The van der Waals surface area contributed by atoms with Crippen LogP contribution in [0.4, 0.5) is 0 Å². The second-order valence-electron chi connectivity index (χ2n) is 14.1. The number of hydrogen-bond acceptors (Lipinski definition) is 1. The number of hydrogen-bond donors (Lipinski definition) is 0. The molecule has 2 atom stereocenters. The molecule has 6 rings (SSSR count). The van der Waals surface area contributed by atoms with Gasteiger partial charge in [0.15, 0.2) is 0 Å². The zero-order valence-corrected chi connectivity index (χ0v) is 32.3. The van der Waals surface area contributed by atoms with Crippen LogP contribution in [-0.4, -0.2) is 24.0 Å². The van der Waals surface area contributed by atoms with Crippen LogP contribution in [0.15, 0.2) is 133 Å². The minimum Gasteiger partial charge on any atom is -0.339 e. The third-order valence-corrected chi connectivity index (χ3v) is 16.2. The molecule has 1 amide bonds. The van der Waals surface area contributed by atoms with Crippen LogP contribution in [0.5, 0.6) is 0 Å². The predicted octanol–water partition coefficient (Wildman–Crippen LogP) is 11.9. The molecule has 264 valence electrons. The summed E-state index contributed by atoms with van der Waals surface area (Å²) in [6.45, 7) is 0. The van der Waals surface area contributed by atoms with Crippen molar-refractivity contribution < 1.29 is 4.79 Å². The number of amides is 1. The molecule has 0 spiro atoms. The smallest absolute Gasteiger partial charge is 0.222 e. The number of carbonyl (C=O) groups is 1. The lowest BCUT2D eigenvalue weighted by atomic mass is 9.76. The average molecular weight is 736 g/mol. The molecule has 5 aromatic rings. The van der Waals surface area contributed by atoms with Gasteiger partial charge in [-0.15, -0.1) is 0 Å². The molecule has 0 aliphatic heterocycles. The van der Waals surface area contributed by atoms with Crippen molar-refractivity contribution in [2.45, 2.75) is 82.6 Å². The fourth-order valence-corrected chi connectivity index (χ4v) is 12.9.